The molecule has 1 heteroatoms. The molecule has 0 spiro atoms. The van der Waals surface area contributed by atoms with E-state index in [1.165, 1.54) is 0 Å². The zero-order chi connectivity index (χ0) is 12.7. The van der Waals surface area contributed by atoms with Crippen LogP contribution in [0.25, 0.3) is 0 Å². The minimum atomic E-state index is 0. The van der Waals surface area contributed by atoms with Crippen molar-refractivity contribution in [3.8, 4) is 0 Å². The van der Waals surface area contributed by atoms with Crippen molar-refractivity contribution >= 4 is 17.4 Å². The molecule has 0 aliphatic rings. The Labute approximate surface area is 126 Å². The van der Waals surface area contributed by atoms with E-state index in [0.29, 0.717) is 0 Å². The number of hydrogen-bond donors (Lipinski definition) is 0. The van der Waals surface area contributed by atoms with Crippen molar-refractivity contribution in [2.24, 2.45) is 0 Å². The first kappa shape index (κ1) is 17.2. The average Bonchev–Trinajstić information content (AvgIpc) is 2.54. The fraction of sp³-hybridized carbons (Fsp3) is 0. The van der Waals surface area contributed by atoms with Crippen LogP contribution in [0.4, 0.5) is 0 Å². The molecule has 0 heterocycles. The van der Waals surface area contributed by atoms with Crippen molar-refractivity contribution in [3.63, 3.8) is 0 Å². The van der Waals surface area contributed by atoms with E-state index in [0.717, 1.165) is 0 Å². The molecule has 0 saturated heterocycles. The van der Waals surface area contributed by atoms with Crippen molar-refractivity contribution < 1.29 is 0 Å². The standard InChI is InChI=1S/3C6H5.Al/c3*1-2-4-6-5-3-1;/h3*1-5H;/q3*-1;+3. The third-order valence-corrected chi connectivity index (χ3v) is 1.82. The third kappa shape index (κ3) is 12.4. The summed E-state index contributed by atoms with van der Waals surface area (Å²) in [5, 5.41) is 0. The Morgan fingerprint density at radius 1 is 0.316 bits per heavy atom. The van der Waals surface area contributed by atoms with E-state index in [-0.39, 0.29) is 17.4 Å². The van der Waals surface area contributed by atoms with Crippen LogP contribution in [-0.4, -0.2) is 17.4 Å². The smallest absolute Gasteiger partial charge is 0.184 e. The first-order chi connectivity index (χ1) is 9.00. The van der Waals surface area contributed by atoms with Gasteiger partial charge < -0.3 is 0 Å². The molecule has 0 fully saturated rings. The molecule has 3 rings (SSSR count). The molecule has 0 N–H and O–H groups in total. The number of hydrogen-bond acceptors (Lipinski definition) is 0. The summed E-state index contributed by atoms with van der Waals surface area (Å²) in [6.45, 7) is 0. The van der Waals surface area contributed by atoms with Gasteiger partial charge in [0, 0.05) is 0 Å². The van der Waals surface area contributed by atoms with E-state index >= 15 is 0 Å². The molecule has 0 bridgehead atoms. The Morgan fingerprint density at radius 2 is 0.526 bits per heavy atom. The second kappa shape index (κ2) is 14.3. The van der Waals surface area contributed by atoms with Gasteiger partial charge in [0.25, 0.3) is 0 Å². The van der Waals surface area contributed by atoms with Gasteiger partial charge in [0.1, 0.15) is 0 Å². The van der Waals surface area contributed by atoms with E-state index in [2.05, 4.69) is 18.2 Å². The van der Waals surface area contributed by atoms with Gasteiger partial charge in [-0.2, -0.15) is 109 Å². The molecule has 90 valence electrons. The summed E-state index contributed by atoms with van der Waals surface area (Å²) in [6.07, 6.45) is 0. The Bertz CT molecular complexity index is 296. The van der Waals surface area contributed by atoms with E-state index in [1.54, 1.807) is 0 Å². The Morgan fingerprint density at radius 3 is 0.579 bits per heavy atom. The SMILES string of the molecule is [Al+3].[c-]1ccccc1.[c-]1ccccc1.[c-]1ccccc1. The predicted octanol–water partition coefficient (Wildman–Crippen LogP) is 4.08. The Kier molecular flexibility index (Phi) is 12.9. The fourth-order valence-corrected chi connectivity index (χ4v) is 1.03. The summed E-state index contributed by atoms with van der Waals surface area (Å²) < 4.78 is 0. The van der Waals surface area contributed by atoms with Gasteiger partial charge in [-0.3, -0.25) is 0 Å². The summed E-state index contributed by atoms with van der Waals surface area (Å²) in [7, 11) is 0. The molecular formula is C18H15Al. The second-order valence-electron chi connectivity index (χ2n) is 3.23. The minimum absolute atomic E-state index is 0. The molecule has 0 radical (unpaired) electrons. The van der Waals surface area contributed by atoms with E-state index < -0.39 is 0 Å². The maximum atomic E-state index is 2.89. The summed E-state index contributed by atoms with van der Waals surface area (Å²) in [6, 6.07) is 37.5. The van der Waals surface area contributed by atoms with Gasteiger partial charge in [0.05, 0.1) is 0 Å². The van der Waals surface area contributed by atoms with Gasteiger partial charge in [-0.05, 0) is 0 Å². The fourth-order valence-electron chi connectivity index (χ4n) is 1.03. The predicted molar refractivity (Wildman–Crippen MR) is 81.6 cm³/mol. The van der Waals surface area contributed by atoms with E-state index in [1.807, 2.05) is 91.0 Å². The summed E-state index contributed by atoms with van der Waals surface area (Å²) in [5.74, 6) is 0. The van der Waals surface area contributed by atoms with E-state index in [9.17, 15) is 0 Å². The van der Waals surface area contributed by atoms with Crippen molar-refractivity contribution in [3.05, 3.63) is 109 Å². The van der Waals surface area contributed by atoms with Crippen LogP contribution in [0.1, 0.15) is 0 Å². The molecule has 3 aromatic rings. The van der Waals surface area contributed by atoms with Gasteiger partial charge in [0.2, 0.25) is 0 Å². The maximum Gasteiger partial charge on any atom is 3.00 e. The van der Waals surface area contributed by atoms with Crippen LogP contribution in [-0.2, 0) is 0 Å². The van der Waals surface area contributed by atoms with Gasteiger partial charge in [-0.15, -0.1) is 0 Å². The second-order valence-corrected chi connectivity index (χ2v) is 3.23. The Balaban J connectivity index is 0.000000249. The van der Waals surface area contributed by atoms with Gasteiger partial charge in [0.15, 0.2) is 0 Å². The number of rotatable bonds is 0. The third-order valence-electron chi connectivity index (χ3n) is 1.82. The zero-order valence-electron chi connectivity index (χ0n) is 10.7. The maximum absolute atomic E-state index is 2.89. The molecule has 0 nitrogen and oxygen atoms in total. The molecule has 0 aliphatic carbocycles. The largest absolute Gasteiger partial charge is 3.00 e. The normalized spacial score (nSPS) is 7.58. The van der Waals surface area contributed by atoms with E-state index in [4.69, 9.17) is 0 Å². The van der Waals surface area contributed by atoms with Gasteiger partial charge >= 0.3 is 17.4 Å². The molecule has 0 unspecified atom stereocenters. The molecule has 19 heavy (non-hydrogen) atoms. The van der Waals surface area contributed by atoms with Crippen molar-refractivity contribution in [1.29, 1.82) is 0 Å². The van der Waals surface area contributed by atoms with Crippen LogP contribution < -0.4 is 0 Å². The van der Waals surface area contributed by atoms with Crippen LogP contribution in [0.15, 0.2) is 91.0 Å². The quantitative estimate of drug-likeness (QED) is 0.421. The molecule has 0 aromatic heterocycles. The van der Waals surface area contributed by atoms with Crippen LogP contribution in [0.2, 0.25) is 0 Å². The average molecular weight is 258 g/mol. The minimum Gasteiger partial charge on any atom is -0.184 e. The molecule has 0 saturated carbocycles. The number of benzene rings is 3. The van der Waals surface area contributed by atoms with Crippen LogP contribution in [0, 0.1) is 18.2 Å². The van der Waals surface area contributed by atoms with Crippen molar-refractivity contribution in [2.45, 2.75) is 0 Å². The molecule has 3 aromatic carbocycles. The molecular weight excluding hydrogens is 243 g/mol. The van der Waals surface area contributed by atoms with Gasteiger partial charge in [-0.1, -0.05) is 0 Å². The van der Waals surface area contributed by atoms with Crippen LogP contribution in [0.3, 0.4) is 0 Å². The van der Waals surface area contributed by atoms with Gasteiger partial charge in [-0.25, -0.2) is 0 Å². The summed E-state index contributed by atoms with van der Waals surface area (Å²) in [5.41, 5.74) is 0. The first-order valence-electron chi connectivity index (χ1n) is 5.73. The van der Waals surface area contributed by atoms with Crippen LogP contribution >= 0.6 is 0 Å². The van der Waals surface area contributed by atoms with Crippen molar-refractivity contribution in [2.75, 3.05) is 0 Å². The summed E-state index contributed by atoms with van der Waals surface area (Å²) in [4.78, 5) is 0. The monoisotopic (exact) mass is 258 g/mol. The van der Waals surface area contributed by atoms with Crippen molar-refractivity contribution in [1.82, 2.24) is 0 Å². The summed E-state index contributed by atoms with van der Waals surface area (Å²) >= 11 is 0. The topological polar surface area (TPSA) is 0 Å². The Hall–Kier alpha value is -1.81. The molecule has 0 amide bonds. The zero-order valence-corrected chi connectivity index (χ0v) is 11.9. The molecule has 0 atom stereocenters. The van der Waals surface area contributed by atoms with Crippen LogP contribution in [0.5, 0.6) is 0 Å². The molecule has 0 aliphatic heterocycles. The first-order valence-corrected chi connectivity index (χ1v) is 5.73.